The van der Waals surface area contributed by atoms with Gasteiger partial charge in [0.15, 0.2) is 0 Å². The van der Waals surface area contributed by atoms with Crippen LogP contribution in [0.5, 0.6) is 0 Å². The number of nitrogens with one attached hydrogen (secondary N) is 2. The van der Waals surface area contributed by atoms with E-state index in [-0.39, 0.29) is 0 Å². The van der Waals surface area contributed by atoms with E-state index in [2.05, 4.69) is 67.8 Å². The summed E-state index contributed by atoms with van der Waals surface area (Å²) in [6, 6.07) is 8.80. The number of hydrogen-bond donors (Lipinski definition) is 2. The van der Waals surface area contributed by atoms with Gasteiger partial charge in [-0.3, -0.25) is 0 Å². The molecule has 0 aliphatic rings. The Bertz CT molecular complexity index is 455. The van der Waals surface area contributed by atoms with Crippen molar-refractivity contribution in [2.45, 2.75) is 46.5 Å². The second-order valence-electron chi connectivity index (χ2n) is 5.45. The summed E-state index contributed by atoms with van der Waals surface area (Å²) in [4.78, 5) is 0. The topological polar surface area (TPSA) is 24.1 Å². The summed E-state index contributed by atoms with van der Waals surface area (Å²) >= 11 is 0. The Morgan fingerprint density at radius 3 is 2.29 bits per heavy atom. The average molecular weight is 286 g/mol. The number of anilines is 1. The second-order valence-corrected chi connectivity index (χ2v) is 5.45. The number of hydrogen-bond acceptors (Lipinski definition) is 2. The van der Waals surface area contributed by atoms with Gasteiger partial charge in [0.2, 0.25) is 0 Å². The Morgan fingerprint density at radius 2 is 1.71 bits per heavy atom. The van der Waals surface area contributed by atoms with E-state index in [1.54, 1.807) is 0 Å². The summed E-state index contributed by atoms with van der Waals surface area (Å²) in [5, 5.41) is 6.67. The van der Waals surface area contributed by atoms with Gasteiger partial charge < -0.3 is 10.6 Å². The predicted octanol–water partition coefficient (Wildman–Crippen LogP) is 4.90. The van der Waals surface area contributed by atoms with E-state index < -0.39 is 0 Å². The summed E-state index contributed by atoms with van der Waals surface area (Å²) in [7, 11) is 1.97. The molecule has 116 valence electrons. The molecule has 0 saturated heterocycles. The van der Waals surface area contributed by atoms with E-state index in [9.17, 15) is 0 Å². The van der Waals surface area contributed by atoms with Crippen molar-refractivity contribution in [3.8, 4) is 0 Å². The Balaban J connectivity index is 2.57. The van der Waals surface area contributed by atoms with Crippen LogP contribution in [0.2, 0.25) is 0 Å². The molecule has 0 bridgehead atoms. The molecule has 0 aromatic heterocycles. The van der Waals surface area contributed by atoms with Crippen LogP contribution in [0, 0.1) is 0 Å². The third-order valence-corrected chi connectivity index (χ3v) is 3.44. The van der Waals surface area contributed by atoms with Crippen molar-refractivity contribution in [3.63, 3.8) is 0 Å². The van der Waals surface area contributed by atoms with E-state index in [1.165, 1.54) is 16.8 Å². The van der Waals surface area contributed by atoms with Crippen LogP contribution < -0.4 is 10.6 Å². The van der Waals surface area contributed by atoms with Crippen molar-refractivity contribution >= 4 is 5.69 Å². The minimum Gasteiger partial charge on any atom is -0.358 e. The molecular weight excluding hydrogens is 256 g/mol. The zero-order chi connectivity index (χ0) is 15.5. The largest absolute Gasteiger partial charge is 0.358 e. The van der Waals surface area contributed by atoms with Gasteiger partial charge in [0.25, 0.3) is 0 Å². The second kappa shape index (κ2) is 10.2. The minimum atomic E-state index is 0.872. The molecule has 0 heterocycles. The van der Waals surface area contributed by atoms with Gasteiger partial charge in [0.05, 0.1) is 0 Å². The molecule has 2 nitrogen and oxygen atoms in total. The number of aryl methyl sites for hydroxylation is 1. The van der Waals surface area contributed by atoms with Gasteiger partial charge in [-0.1, -0.05) is 43.7 Å². The molecule has 1 aromatic carbocycles. The molecule has 21 heavy (non-hydrogen) atoms. The third kappa shape index (κ3) is 7.14. The molecule has 2 heteroatoms. The zero-order valence-electron chi connectivity index (χ0n) is 14.0. The maximum atomic E-state index is 3.48. The van der Waals surface area contributed by atoms with Crippen molar-refractivity contribution < 1.29 is 0 Å². The van der Waals surface area contributed by atoms with E-state index in [1.807, 2.05) is 7.05 Å². The molecule has 0 aliphatic carbocycles. The number of benzene rings is 1. The van der Waals surface area contributed by atoms with Crippen LogP contribution >= 0.6 is 0 Å². The predicted molar refractivity (Wildman–Crippen MR) is 94.7 cm³/mol. The van der Waals surface area contributed by atoms with Gasteiger partial charge in [0, 0.05) is 17.9 Å². The molecular formula is C19H30N2. The highest BCUT2D eigenvalue weighted by Gasteiger charge is 1.99. The maximum Gasteiger partial charge on any atom is 0.0382 e. The quantitative estimate of drug-likeness (QED) is 0.631. The minimum absolute atomic E-state index is 0.872. The van der Waals surface area contributed by atoms with Crippen LogP contribution in [0.15, 0.2) is 47.7 Å². The fraction of sp³-hybridized carbons (Fsp3) is 0.474. The maximum absolute atomic E-state index is 3.48. The van der Waals surface area contributed by atoms with E-state index in [4.69, 9.17) is 0 Å². The summed E-state index contributed by atoms with van der Waals surface area (Å²) in [5.41, 5.74) is 5.28. The SMILES string of the molecule is CCC=C(C)CCc1ccc(N/C(=C/CC)CNC)cc1. The van der Waals surface area contributed by atoms with E-state index in [0.717, 1.165) is 37.9 Å². The first-order valence-corrected chi connectivity index (χ1v) is 8.04. The molecule has 2 N–H and O–H groups in total. The summed E-state index contributed by atoms with van der Waals surface area (Å²) in [5.74, 6) is 0. The monoisotopic (exact) mass is 286 g/mol. The lowest BCUT2D eigenvalue weighted by atomic mass is 10.0. The summed E-state index contributed by atoms with van der Waals surface area (Å²) < 4.78 is 0. The van der Waals surface area contributed by atoms with Gasteiger partial charge in [-0.05, 0) is 57.4 Å². The van der Waals surface area contributed by atoms with Crippen molar-refractivity contribution in [1.29, 1.82) is 0 Å². The summed E-state index contributed by atoms with van der Waals surface area (Å²) in [6.07, 6.45) is 8.99. The van der Waals surface area contributed by atoms with Crippen LogP contribution in [-0.2, 0) is 6.42 Å². The van der Waals surface area contributed by atoms with Gasteiger partial charge >= 0.3 is 0 Å². The highest BCUT2D eigenvalue weighted by molar-refractivity contribution is 5.49. The van der Waals surface area contributed by atoms with E-state index in [0.29, 0.717) is 0 Å². The van der Waals surface area contributed by atoms with Crippen LogP contribution in [0.4, 0.5) is 5.69 Å². The van der Waals surface area contributed by atoms with Crippen molar-refractivity contribution in [3.05, 3.63) is 53.3 Å². The fourth-order valence-electron chi connectivity index (χ4n) is 2.34. The lowest BCUT2D eigenvalue weighted by molar-refractivity contribution is 0.876. The van der Waals surface area contributed by atoms with Gasteiger partial charge in [-0.15, -0.1) is 0 Å². The Hall–Kier alpha value is -1.54. The lowest BCUT2D eigenvalue weighted by Crippen LogP contribution is -2.16. The molecule has 0 atom stereocenters. The number of rotatable bonds is 9. The third-order valence-electron chi connectivity index (χ3n) is 3.44. The van der Waals surface area contributed by atoms with Crippen LogP contribution in [0.3, 0.4) is 0 Å². The molecule has 1 aromatic rings. The highest BCUT2D eigenvalue weighted by atomic mass is 14.9. The molecule has 0 spiro atoms. The first-order chi connectivity index (χ1) is 10.2. The van der Waals surface area contributed by atoms with E-state index >= 15 is 0 Å². The van der Waals surface area contributed by atoms with Crippen LogP contribution in [0.1, 0.15) is 45.6 Å². The van der Waals surface area contributed by atoms with Crippen molar-refractivity contribution in [1.82, 2.24) is 5.32 Å². The highest BCUT2D eigenvalue weighted by Crippen LogP contribution is 2.15. The zero-order valence-corrected chi connectivity index (χ0v) is 14.0. The first-order valence-electron chi connectivity index (χ1n) is 8.04. The van der Waals surface area contributed by atoms with Crippen molar-refractivity contribution in [2.75, 3.05) is 18.9 Å². The van der Waals surface area contributed by atoms with Crippen molar-refractivity contribution in [2.24, 2.45) is 0 Å². The summed E-state index contributed by atoms with van der Waals surface area (Å²) in [6.45, 7) is 7.44. The smallest absolute Gasteiger partial charge is 0.0382 e. The molecule has 0 unspecified atom stereocenters. The van der Waals surface area contributed by atoms with Crippen LogP contribution in [-0.4, -0.2) is 13.6 Å². The van der Waals surface area contributed by atoms with Gasteiger partial charge in [0.1, 0.15) is 0 Å². The standard InChI is InChI=1S/C19H30N2/c1-5-7-16(3)9-10-17-11-13-18(14-12-17)21-19(8-6-2)15-20-4/h7-8,11-14,20-21H,5-6,9-10,15H2,1-4H3/b16-7?,19-8+. The molecule has 0 radical (unpaired) electrons. The molecule has 1 rings (SSSR count). The van der Waals surface area contributed by atoms with Crippen LogP contribution in [0.25, 0.3) is 0 Å². The first kappa shape index (κ1) is 17.5. The Kier molecular flexibility index (Phi) is 8.53. The molecule has 0 amide bonds. The molecule has 0 saturated carbocycles. The lowest BCUT2D eigenvalue weighted by Gasteiger charge is -2.11. The average Bonchev–Trinajstić information content (AvgIpc) is 2.47. The normalized spacial score (nSPS) is 12.6. The fourth-order valence-corrected chi connectivity index (χ4v) is 2.34. The number of allylic oxidation sites excluding steroid dienone is 3. The Morgan fingerprint density at radius 1 is 1.05 bits per heavy atom. The molecule has 0 fully saturated rings. The Labute approximate surface area is 130 Å². The van der Waals surface area contributed by atoms with Gasteiger partial charge in [-0.25, -0.2) is 0 Å². The number of likely N-dealkylation sites (N-methyl/N-ethyl adjacent to an activating group) is 1. The molecule has 0 aliphatic heterocycles. The van der Waals surface area contributed by atoms with Gasteiger partial charge in [-0.2, -0.15) is 0 Å².